The van der Waals surface area contributed by atoms with Gasteiger partial charge in [0.25, 0.3) is 11.8 Å². The number of hydrogen-bond donors (Lipinski definition) is 2. The molecule has 0 aromatic heterocycles. The van der Waals surface area contributed by atoms with Crippen LogP contribution in [0.5, 0.6) is 5.75 Å². The maximum absolute atomic E-state index is 12.5. The second-order valence-electron chi connectivity index (χ2n) is 6.26. The van der Waals surface area contributed by atoms with Crippen LogP contribution >= 0.6 is 0 Å². The van der Waals surface area contributed by atoms with Gasteiger partial charge in [0, 0.05) is 7.05 Å². The average Bonchev–Trinajstić information content (AvgIpc) is 2.74. The van der Waals surface area contributed by atoms with Gasteiger partial charge in [-0.15, -0.1) is 0 Å². The number of ether oxygens (including phenoxy) is 1. The van der Waals surface area contributed by atoms with E-state index >= 15 is 0 Å². The van der Waals surface area contributed by atoms with Crippen LogP contribution in [0.4, 0.5) is 5.69 Å². The SMILES string of the molecule is CNC(=O)c1ccccc1NC(=O)C(C)Oc1ccc(-c2ccccc2)cc1. The van der Waals surface area contributed by atoms with Crippen LogP contribution in [0, 0.1) is 0 Å². The summed E-state index contributed by atoms with van der Waals surface area (Å²) in [6.07, 6.45) is -0.722. The summed E-state index contributed by atoms with van der Waals surface area (Å²) >= 11 is 0. The summed E-state index contributed by atoms with van der Waals surface area (Å²) in [6, 6.07) is 24.5. The molecule has 0 saturated heterocycles. The molecule has 0 aliphatic rings. The van der Waals surface area contributed by atoms with E-state index in [2.05, 4.69) is 10.6 Å². The van der Waals surface area contributed by atoms with Crippen molar-refractivity contribution in [3.63, 3.8) is 0 Å². The second kappa shape index (κ2) is 8.86. The molecule has 5 nitrogen and oxygen atoms in total. The minimum absolute atomic E-state index is 0.263. The summed E-state index contributed by atoms with van der Waals surface area (Å²) in [4.78, 5) is 24.4. The van der Waals surface area contributed by atoms with Gasteiger partial charge in [-0.1, -0.05) is 54.6 Å². The fourth-order valence-electron chi connectivity index (χ4n) is 2.77. The predicted octanol–water partition coefficient (Wildman–Crippen LogP) is 4.12. The molecule has 1 atom stereocenters. The van der Waals surface area contributed by atoms with Crippen LogP contribution in [0.3, 0.4) is 0 Å². The molecular formula is C23H22N2O3. The van der Waals surface area contributed by atoms with Crippen LogP contribution < -0.4 is 15.4 Å². The molecule has 2 amide bonds. The zero-order chi connectivity index (χ0) is 19.9. The van der Waals surface area contributed by atoms with Crippen molar-refractivity contribution in [2.75, 3.05) is 12.4 Å². The van der Waals surface area contributed by atoms with Gasteiger partial charge in [0.2, 0.25) is 0 Å². The Morgan fingerprint density at radius 3 is 2.11 bits per heavy atom. The molecule has 0 bridgehead atoms. The smallest absolute Gasteiger partial charge is 0.265 e. The molecule has 0 heterocycles. The first-order valence-corrected chi connectivity index (χ1v) is 9.02. The number of carbonyl (C=O) groups is 2. The van der Waals surface area contributed by atoms with Crippen molar-refractivity contribution in [3.05, 3.63) is 84.4 Å². The van der Waals surface area contributed by atoms with Gasteiger partial charge in [-0.2, -0.15) is 0 Å². The van der Waals surface area contributed by atoms with Crippen LogP contribution in [0.2, 0.25) is 0 Å². The van der Waals surface area contributed by atoms with E-state index in [1.54, 1.807) is 38.2 Å². The lowest BCUT2D eigenvalue weighted by Gasteiger charge is -2.16. The third kappa shape index (κ3) is 4.57. The van der Waals surface area contributed by atoms with Crippen LogP contribution in [0.1, 0.15) is 17.3 Å². The Labute approximate surface area is 164 Å². The summed E-state index contributed by atoms with van der Waals surface area (Å²) in [5.41, 5.74) is 3.04. The normalized spacial score (nSPS) is 11.4. The Kier molecular flexibility index (Phi) is 6.07. The first-order chi connectivity index (χ1) is 13.6. The van der Waals surface area contributed by atoms with Gasteiger partial charge in [-0.25, -0.2) is 0 Å². The van der Waals surface area contributed by atoms with E-state index in [1.807, 2.05) is 54.6 Å². The van der Waals surface area contributed by atoms with Gasteiger partial charge in [0.1, 0.15) is 5.75 Å². The maximum Gasteiger partial charge on any atom is 0.265 e. The molecule has 2 N–H and O–H groups in total. The topological polar surface area (TPSA) is 67.4 Å². The standard InChI is InChI=1S/C23H22N2O3/c1-16(22(26)25-21-11-7-6-10-20(21)23(27)24-2)28-19-14-12-18(13-15-19)17-8-4-3-5-9-17/h3-16H,1-2H3,(H,24,27)(H,25,26). The highest BCUT2D eigenvalue weighted by molar-refractivity contribution is 6.04. The predicted molar refractivity (Wildman–Crippen MR) is 110 cm³/mol. The van der Waals surface area contributed by atoms with Crippen molar-refractivity contribution in [1.29, 1.82) is 0 Å². The Morgan fingerprint density at radius 2 is 1.43 bits per heavy atom. The van der Waals surface area contributed by atoms with E-state index in [0.29, 0.717) is 17.0 Å². The van der Waals surface area contributed by atoms with Crippen LogP contribution in [0.25, 0.3) is 11.1 Å². The van der Waals surface area contributed by atoms with Crippen molar-refractivity contribution in [1.82, 2.24) is 5.32 Å². The second-order valence-corrected chi connectivity index (χ2v) is 6.26. The molecule has 0 spiro atoms. The van der Waals surface area contributed by atoms with Crippen molar-refractivity contribution in [2.24, 2.45) is 0 Å². The average molecular weight is 374 g/mol. The summed E-state index contributed by atoms with van der Waals surface area (Å²) < 4.78 is 5.75. The summed E-state index contributed by atoms with van der Waals surface area (Å²) in [6.45, 7) is 1.67. The van der Waals surface area contributed by atoms with Gasteiger partial charge in [-0.3, -0.25) is 9.59 Å². The maximum atomic E-state index is 12.5. The number of amides is 2. The molecular weight excluding hydrogens is 352 g/mol. The molecule has 3 aromatic rings. The quantitative estimate of drug-likeness (QED) is 0.682. The van der Waals surface area contributed by atoms with Crippen molar-refractivity contribution < 1.29 is 14.3 Å². The number of rotatable bonds is 6. The number of anilines is 1. The molecule has 5 heteroatoms. The zero-order valence-corrected chi connectivity index (χ0v) is 15.8. The summed E-state index contributed by atoms with van der Waals surface area (Å²) in [5, 5.41) is 5.32. The Balaban J connectivity index is 1.66. The Hall–Kier alpha value is -3.60. The fourth-order valence-corrected chi connectivity index (χ4v) is 2.77. The first-order valence-electron chi connectivity index (χ1n) is 9.02. The molecule has 0 radical (unpaired) electrons. The molecule has 0 fully saturated rings. The van der Waals surface area contributed by atoms with Crippen molar-refractivity contribution in [2.45, 2.75) is 13.0 Å². The monoisotopic (exact) mass is 374 g/mol. The fraction of sp³-hybridized carbons (Fsp3) is 0.130. The van der Waals surface area contributed by atoms with Gasteiger partial charge in [0.05, 0.1) is 11.3 Å². The molecule has 0 aliphatic heterocycles. The van der Waals surface area contributed by atoms with Crippen LogP contribution in [-0.4, -0.2) is 25.0 Å². The number of para-hydroxylation sites is 1. The highest BCUT2D eigenvalue weighted by Crippen LogP contribution is 2.23. The van der Waals surface area contributed by atoms with Crippen LogP contribution in [0.15, 0.2) is 78.9 Å². The minimum atomic E-state index is -0.722. The number of benzene rings is 3. The highest BCUT2D eigenvalue weighted by atomic mass is 16.5. The summed E-state index contributed by atoms with van der Waals surface area (Å²) in [7, 11) is 1.55. The van der Waals surface area contributed by atoms with E-state index in [0.717, 1.165) is 11.1 Å². The van der Waals surface area contributed by atoms with E-state index in [-0.39, 0.29) is 11.8 Å². The third-order valence-electron chi connectivity index (χ3n) is 4.30. The first kappa shape index (κ1) is 19.2. The number of carbonyl (C=O) groups excluding carboxylic acids is 2. The largest absolute Gasteiger partial charge is 0.481 e. The van der Waals surface area contributed by atoms with Gasteiger partial charge in [0.15, 0.2) is 6.10 Å². The Bertz CT molecular complexity index is 953. The van der Waals surface area contributed by atoms with E-state index < -0.39 is 6.10 Å². The zero-order valence-electron chi connectivity index (χ0n) is 15.8. The lowest BCUT2D eigenvalue weighted by molar-refractivity contribution is -0.122. The molecule has 1 unspecified atom stereocenters. The highest BCUT2D eigenvalue weighted by Gasteiger charge is 2.18. The third-order valence-corrected chi connectivity index (χ3v) is 4.30. The van der Waals surface area contributed by atoms with Crippen LogP contribution in [-0.2, 0) is 4.79 Å². The van der Waals surface area contributed by atoms with Gasteiger partial charge < -0.3 is 15.4 Å². The van der Waals surface area contributed by atoms with E-state index in [4.69, 9.17) is 4.74 Å². The molecule has 142 valence electrons. The molecule has 0 saturated carbocycles. The van der Waals surface area contributed by atoms with Gasteiger partial charge in [-0.05, 0) is 42.3 Å². The minimum Gasteiger partial charge on any atom is -0.481 e. The Morgan fingerprint density at radius 1 is 0.821 bits per heavy atom. The summed E-state index contributed by atoms with van der Waals surface area (Å²) in [5.74, 6) is 0.00591. The molecule has 28 heavy (non-hydrogen) atoms. The number of nitrogens with one attached hydrogen (secondary N) is 2. The van der Waals surface area contributed by atoms with E-state index in [1.165, 1.54) is 0 Å². The van der Waals surface area contributed by atoms with Crippen molar-refractivity contribution >= 4 is 17.5 Å². The van der Waals surface area contributed by atoms with Crippen molar-refractivity contribution in [3.8, 4) is 16.9 Å². The molecule has 3 aromatic carbocycles. The molecule has 0 aliphatic carbocycles. The molecule has 3 rings (SSSR count). The number of hydrogen-bond acceptors (Lipinski definition) is 3. The van der Waals surface area contributed by atoms with Gasteiger partial charge >= 0.3 is 0 Å². The lowest BCUT2D eigenvalue weighted by Crippen LogP contribution is -2.31. The lowest BCUT2D eigenvalue weighted by atomic mass is 10.1. The van der Waals surface area contributed by atoms with E-state index in [9.17, 15) is 9.59 Å².